The minimum absolute atomic E-state index is 0.0516. The number of fused-ring (bicyclic) bond motifs is 2. The van der Waals surface area contributed by atoms with E-state index in [1.165, 1.54) is 19.3 Å². The lowest BCUT2D eigenvalue weighted by Crippen LogP contribution is -2.53. The number of carbonyl (C=O) groups excluding carboxylic acids is 1. The molecule has 5 heteroatoms. The SMILES string of the molecule is NC1CC2CCCC(C1)C2NC(=O)c1cc(Cl)c[nH]1. The molecular weight excluding hydrogens is 262 g/mol. The molecule has 0 aromatic carbocycles. The van der Waals surface area contributed by atoms with Crippen LogP contribution in [0.3, 0.4) is 0 Å². The minimum Gasteiger partial charge on any atom is -0.356 e. The molecule has 2 aliphatic carbocycles. The first-order chi connectivity index (χ1) is 9.13. The average Bonchev–Trinajstić information content (AvgIpc) is 2.77. The van der Waals surface area contributed by atoms with E-state index in [9.17, 15) is 4.79 Å². The van der Waals surface area contributed by atoms with Crippen LogP contribution in [0.1, 0.15) is 42.6 Å². The summed E-state index contributed by atoms with van der Waals surface area (Å²) in [5.41, 5.74) is 6.64. The average molecular weight is 282 g/mol. The van der Waals surface area contributed by atoms with Gasteiger partial charge >= 0.3 is 0 Å². The number of halogens is 1. The van der Waals surface area contributed by atoms with Crippen molar-refractivity contribution in [3.05, 3.63) is 23.0 Å². The van der Waals surface area contributed by atoms with Gasteiger partial charge in [0.25, 0.3) is 5.91 Å². The van der Waals surface area contributed by atoms with Gasteiger partial charge in [0, 0.05) is 18.3 Å². The fraction of sp³-hybridized carbons (Fsp3) is 0.643. The van der Waals surface area contributed by atoms with Gasteiger partial charge in [0.15, 0.2) is 0 Å². The number of hydrogen-bond donors (Lipinski definition) is 3. The second kappa shape index (κ2) is 5.17. The largest absolute Gasteiger partial charge is 0.356 e. The number of H-pyrrole nitrogens is 1. The Morgan fingerprint density at radius 1 is 1.37 bits per heavy atom. The summed E-state index contributed by atoms with van der Waals surface area (Å²) in [7, 11) is 0. The molecule has 2 saturated carbocycles. The van der Waals surface area contributed by atoms with E-state index >= 15 is 0 Å². The summed E-state index contributed by atoms with van der Waals surface area (Å²) in [6, 6.07) is 2.26. The summed E-state index contributed by atoms with van der Waals surface area (Å²) in [5.74, 6) is 1.03. The van der Waals surface area contributed by atoms with Crippen molar-refractivity contribution >= 4 is 17.5 Å². The topological polar surface area (TPSA) is 70.9 Å². The molecule has 1 aromatic rings. The van der Waals surface area contributed by atoms with Gasteiger partial charge in [-0.25, -0.2) is 0 Å². The van der Waals surface area contributed by atoms with Gasteiger partial charge in [-0.3, -0.25) is 4.79 Å². The predicted octanol–water partition coefficient (Wildman–Crippen LogP) is 2.30. The van der Waals surface area contributed by atoms with Gasteiger partial charge < -0.3 is 16.0 Å². The number of nitrogens with one attached hydrogen (secondary N) is 2. The first kappa shape index (κ1) is 13.0. The van der Waals surface area contributed by atoms with Gasteiger partial charge in [0.2, 0.25) is 0 Å². The van der Waals surface area contributed by atoms with E-state index in [0.29, 0.717) is 28.6 Å². The number of carbonyl (C=O) groups is 1. The van der Waals surface area contributed by atoms with Crippen LogP contribution in [0, 0.1) is 11.8 Å². The number of amides is 1. The third-order valence-electron chi connectivity index (χ3n) is 4.57. The Hall–Kier alpha value is -1.00. The van der Waals surface area contributed by atoms with Crippen molar-refractivity contribution in [2.45, 2.75) is 44.2 Å². The van der Waals surface area contributed by atoms with Gasteiger partial charge in [0.05, 0.1) is 5.02 Å². The molecule has 2 unspecified atom stereocenters. The van der Waals surface area contributed by atoms with Crippen molar-refractivity contribution in [3.63, 3.8) is 0 Å². The van der Waals surface area contributed by atoms with E-state index in [0.717, 1.165) is 12.8 Å². The molecular formula is C14H20ClN3O. The van der Waals surface area contributed by atoms with E-state index in [2.05, 4.69) is 10.3 Å². The zero-order valence-corrected chi connectivity index (χ0v) is 11.6. The van der Waals surface area contributed by atoms with Crippen molar-refractivity contribution in [2.75, 3.05) is 0 Å². The summed E-state index contributed by atoms with van der Waals surface area (Å²) in [6.45, 7) is 0. The molecule has 2 fully saturated rings. The zero-order valence-electron chi connectivity index (χ0n) is 10.9. The van der Waals surface area contributed by atoms with Crippen molar-refractivity contribution in [1.82, 2.24) is 10.3 Å². The van der Waals surface area contributed by atoms with Gasteiger partial charge in [-0.05, 0) is 43.6 Å². The molecule has 0 saturated heterocycles. The second-order valence-corrected chi connectivity index (χ2v) is 6.35. The first-order valence-corrected chi connectivity index (χ1v) is 7.41. The Morgan fingerprint density at radius 2 is 2.05 bits per heavy atom. The molecule has 0 radical (unpaired) electrons. The van der Waals surface area contributed by atoms with E-state index in [1.807, 2.05) is 0 Å². The highest BCUT2D eigenvalue weighted by Crippen LogP contribution is 2.39. The molecule has 2 bridgehead atoms. The van der Waals surface area contributed by atoms with E-state index in [1.54, 1.807) is 12.3 Å². The number of rotatable bonds is 2. The third-order valence-corrected chi connectivity index (χ3v) is 4.78. The van der Waals surface area contributed by atoms with Crippen LogP contribution >= 0.6 is 11.6 Å². The quantitative estimate of drug-likeness (QED) is 0.778. The Labute approximate surface area is 118 Å². The minimum atomic E-state index is -0.0516. The summed E-state index contributed by atoms with van der Waals surface area (Å²) in [6.07, 6.45) is 7.33. The van der Waals surface area contributed by atoms with E-state index in [-0.39, 0.29) is 11.9 Å². The van der Waals surface area contributed by atoms with Crippen LogP contribution in [-0.4, -0.2) is 23.0 Å². The van der Waals surface area contributed by atoms with E-state index in [4.69, 9.17) is 17.3 Å². The number of aromatic nitrogens is 1. The highest BCUT2D eigenvalue weighted by atomic mass is 35.5. The molecule has 1 aromatic heterocycles. The molecule has 0 spiro atoms. The summed E-state index contributed by atoms with van der Waals surface area (Å²) >= 11 is 5.83. The highest BCUT2D eigenvalue weighted by molar-refractivity contribution is 6.30. The Balaban J connectivity index is 1.70. The zero-order chi connectivity index (χ0) is 13.4. The molecule has 4 nitrogen and oxygen atoms in total. The van der Waals surface area contributed by atoms with Gasteiger partial charge in [-0.15, -0.1) is 0 Å². The van der Waals surface area contributed by atoms with Crippen molar-refractivity contribution in [1.29, 1.82) is 0 Å². The van der Waals surface area contributed by atoms with Crippen molar-refractivity contribution in [2.24, 2.45) is 17.6 Å². The summed E-state index contributed by atoms with van der Waals surface area (Å²) in [5, 5.41) is 3.75. The maximum atomic E-state index is 12.2. The Morgan fingerprint density at radius 3 is 2.63 bits per heavy atom. The summed E-state index contributed by atoms with van der Waals surface area (Å²) in [4.78, 5) is 15.1. The monoisotopic (exact) mass is 281 g/mol. The van der Waals surface area contributed by atoms with Crippen LogP contribution in [0.5, 0.6) is 0 Å². The number of nitrogens with two attached hydrogens (primary N) is 1. The molecule has 19 heavy (non-hydrogen) atoms. The van der Waals surface area contributed by atoms with Crippen LogP contribution in [0.2, 0.25) is 5.02 Å². The van der Waals surface area contributed by atoms with Crippen LogP contribution in [-0.2, 0) is 0 Å². The molecule has 3 rings (SSSR count). The normalized spacial score (nSPS) is 34.0. The Bertz CT molecular complexity index is 459. The van der Waals surface area contributed by atoms with Crippen molar-refractivity contribution < 1.29 is 4.79 Å². The number of aromatic amines is 1. The van der Waals surface area contributed by atoms with Gasteiger partial charge in [-0.2, -0.15) is 0 Å². The smallest absolute Gasteiger partial charge is 0.267 e. The van der Waals surface area contributed by atoms with Crippen molar-refractivity contribution in [3.8, 4) is 0 Å². The maximum Gasteiger partial charge on any atom is 0.267 e. The standard InChI is InChI=1S/C14H20ClN3O/c15-10-6-12(17-7-10)14(19)18-13-8-2-1-3-9(13)5-11(16)4-8/h6-9,11,13,17H,1-5,16H2,(H,18,19). The molecule has 0 aliphatic heterocycles. The maximum absolute atomic E-state index is 12.2. The lowest BCUT2D eigenvalue weighted by molar-refractivity contribution is 0.0752. The molecule has 1 heterocycles. The fourth-order valence-electron chi connectivity index (χ4n) is 3.75. The number of hydrogen-bond acceptors (Lipinski definition) is 2. The van der Waals surface area contributed by atoms with Crippen LogP contribution in [0.25, 0.3) is 0 Å². The lowest BCUT2D eigenvalue weighted by atomic mass is 9.67. The molecule has 2 aliphatic rings. The second-order valence-electron chi connectivity index (χ2n) is 5.91. The Kier molecular flexibility index (Phi) is 3.54. The first-order valence-electron chi connectivity index (χ1n) is 7.04. The molecule has 4 N–H and O–H groups in total. The predicted molar refractivity (Wildman–Crippen MR) is 75.1 cm³/mol. The van der Waals surface area contributed by atoms with Gasteiger partial charge in [0.1, 0.15) is 5.69 Å². The highest BCUT2D eigenvalue weighted by Gasteiger charge is 2.40. The van der Waals surface area contributed by atoms with Crippen LogP contribution < -0.4 is 11.1 Å². The molecule has 104 valence electrons. The van der Waals surface area contributed by atoms with Crippen LogP contribution in [0.15, 0.2) is 12.3 Å². The molecule has 2 atom stereocenters. The fourth-order valence-corrected chi connectivity index (χ4v) is 3.92. The summed E-state index contributed by atoms with van der Waals surface area (Å²) < 4.78 is 0. The van der Waals surface area contributed by atoms with Gasteiger partial charge in [-0.1, -0.05) is 18.0 Å². The van der Waals surface area contributed by atoms with Crippen LogP contribution in [0.4, 0.5) is 0 Å². The third kappa shape index (κ3) is 2.65. The van der Waals surface area contributed by atoms with E-state index < -0.39 is 0 Å². The molecule has 1 amide bonds. The lowest BCUT2D eigenvalue weighted by Gasteiger charge is -2.45.